The minimum Gasteiger partial charge on any atom is -0.442 e. The summed E-state index contributed by atoms with van der Waals surface area (Å²) in [7, 11) is 1.35. The topological polar surface area (TPSA) is 95.8 Å². The first kappa shape index (κ1) is 13.3. The molecule has 2 aromatic rings. The number of thiophene rings is 1. The van der Waals surface area contributed by atoms with E-state index in [9.17, 15) is 14.4 Å². The van der Waals surface area contributed by atoms with Crippen LogP contribution in [0.1, 0.15) is 10.5 Å². The third-order valence-electron chi connectivity index (χ3n) is 2.95. The van der Waals surface area contributed by atoms with Gasteiger partial charge in [0.05, 0.1) is 4.88 Å². The van der Waals surface area contributed by atoms with E-state index in [1.807, 2.05) is 11.4 Å². The largest absolute Gasteiger partial charge is 0.442 e. The van der Waals surface area contributed by atoms with E-state index in [1.54, 1.807) is 6.07 Å². The van der Waals surface area contributed by atoms with Crippen molar-refractivity contribution in [2.45, 2.75) is 0 Å². The van der Waals surface area contributed by atoms with Crippen LogP contribution in [0, 0.1) is 0 Å². The lowest BCUT2D eigenvalue weighted by atomic mass is 10.3. The highest BCUT2D eigenvalue weighted by atomic mass is 32.1. The van der Waals surface area contributed by atoms with Gasteiger partial charge in [0.2, 0.25) is 0 Å². The van der Waals surface area contributed by atoms with Crippen molar-refractivity contribution in [2.24, 2.45) is 0 Å². The van der Waals surface area contributed by atoms with Gasteiger partial charge in [0.1, 0.15) is 6.54 Å². The summed E-state index contributed by atoms with van der Waals surface area (Å²) in [6.45, 7) is -0.201. The van der Waals surface area contributed by atoms with Crippen molar-refractivity contribution in [1.29, 1.82) is 0 Å². The van der Waals surface area contributed by atoms with Crippen LogP contribution in [0.2, 0.25) is 0 Å². The van der Waals surface area contributed by atoms with Crippen molar-refractivity contribution in [3.63, 3.8) is 0 Å². The van der Waals surface area contributed by atoms with Crippen LogP contribution in [0.4, 0.5) is 4.79 Å². The highest BCUT2D eigenvalue weighted by Gasteiger charge is 2.35. The van der Waals surface area contributed by atoms with Crippen LogP contribution in [-0.4, -0.2) is 46.3 Å². The number of nitrogens with zero attached hydrogens (tertiary/aromatic N) is 3. The minimum absolute atomic E-state index is 0.0623. The van der Waals surface area contributed by atoms with Gasteiger partial charge in [0.25, 0.3) is 11.8 Å². The molecule has 4 amide bonds. The van der Waals surface area contributed by atoms with Gasteiger partial charge in [0, 0.05) is 7.05 Å². The Hall–Kier alpha value is -2.68. The van der Waals surface area contributed by atoms with Crippen molar-refractivity contribution in [2.75, 3.05) is 13.6 Å². The number of rotatable bonds is 3. The molecule has 0 aromatic carbocycles. The number of carbonyl (C=O) groups is 3. The van der Waals surface area contributed by atoms with Crippen LogP contribution in [0.15, 0.2) is 28.3 Å². The average molecular weight is 306 g/mol. The molecule has 2 aromatic heterocycles. The highest BCUT2D eigenvalue weighted by molar-refractivity contribution is 7.13. The third-order valence-corrected chi connectivity index (χ3v) is 3.82. The minimum atomic E-state index is -0.608. The molecule has 1 N–H and O–H groups in total. The quantitative estimate of drug-likeness (QED) is 0.851. The van der Waals surface area contributed by atoms with Gasteiger partial charge in [-0.2, -0.15) is 0 Å². The number of oxazole rings is 1. The van der Waals surface area contributed by atoms with E-state index in [-0.39, 0.29) is 18.1 Å². The molecule has 8 nitrogen and oxygen atoms in total. The molecule has 1 aliphatic rings. The van der Waals surface area contributed by atoms with Gasteiger partial charge < -0.3 is 4.42 Å². The molecule has 0 aliphatic carbocycles. The maximum absolute atomic E-state index is 12.2. The first-order chi connectivity index (χ1) is 10.1. The molecule has 0 saturated carbocycles. The van der Waals surface area contributed by atoms with E-state index in [0.29, 0.717) is 5.76 Å². The summed E-state index contributed by atoms with van der Waals surface area (Å²) < 4.78 is 5.22. The number of hydrogen-bond acceptors (Lipinski definition) is 6. The Bertz CT molecular complexity index is 709. The molecule has 0 bridgehead atoms. The number of hydrazine groups is 1. The molecule has 1 saturated heterocycles. The summed E-state index contributed by atoms with van der Waals surface area (Å²) in [6.07, 6.45) is 1.16. The molecule has 1 fully saturated rings. The van der Waals surface area contributed by atoms with Crippen LogP contribution in [0.3, 0.4) is 0 Å². The highest BCUT2D eigenvalue weighted by Crippen LogP contribution is 2.27. The Morgan fingerprint density at radius 1 is 1.48 bits per heavy atom. The normalized spacial score (nSPS) is 14.9. The van der Waals surface area contributed by atoms with E-state index in [0.717, 1.165) is 21.2 Å². The summed E-state index contributed by atoms with van der Waals surface area (Å²) in [5.41, 5.74) is 2.42. The Kier molecular flexibility index (Phi) is 3.18. The predicted octanol–water partition coefficient (Wildman–Crippen LogP) is 0.942. The van der Waals surface area contributed by atoms with E-state index in [2.05, 4.69) is 10.4 Å². The molecule has 21 heavy (non-hydrogen) atoms. The molecule has 3 rings (SSSR count). The number of aromatic nitrogens is 1. The summed E-state index contributed by atoms with van der Waals surface area (Å²) in [4.78, 5) is 40.8. The van der Waals surface area contributed by atoms with Crippen LogP contribution in [0.5, 0.6) is 0 Å². The van der Waals surface area contributed by atoms with Crippen LogP contribution in [0.25, 0.3) is 10.6 Å². The Labute approximate surface area is 122 Å². The number of amides is 4. The number of urea groups is 1. The summed E-state index contributed by atoms with van der Waals surface area (Å²) in [5.74, 6) is -0.670. The molecule has 108 valence electrons. The average Bonchev–Trinajstić information content (AvgIpc) is 3.17. The zero-order valence-corrected chi connectivity index (χ0v) is 11.7. The molecular formula is C12H10N4O4S. The number of nitrogens with one attached hydrogen (secondary N) is 1. The Morgan fingerprint density at radius 2 is 2.29 bits per heavy atom. The van der Waals surface area contributed by atoms with Gasteiger partial charge >= 0.3 is 6.03 Å². The SMILES string of the molecule is CN1C(=O)CN(NC(=O)c2ncoc2-c2cccs2)C1=O. The molecule has 0 unspecified atom stereocenters. The van der Waals surface area contributed by atoms with Crippen molar-refractivity contribution in [1.82, 2.24) is 20.3 Å². The van der Waals surface area contributed by atoms with Crippen LogP contribution in [-0.2, 0) is 4.79 Å². The van der Waals surface area contributed by atoms with Gasteiger partial charge in [-0.1, -0.05) is 6.07 Å². The lowest BCUT2D eigenvalue weighted by Crippen LogP contribution is -2.44. The van der Waals surface area contributed by atoms with Crippen LogP contribution < -0.4 is 5.43 Å². The predicted molar refractivity (Wildman–Crippen MR) is 72.2 cm³/mol. The van der Waals surface area contributed by atoms with Crippen molar-refractivity contribution in [3.8, 4) is 10.6 Å². The molecule has 3 heterocycles. The zero-order chi connectivity index (χ0) is 15.0. The smallest absolute Gasteiger partial charge is 0.345 e. The monoisotopic (exact) mass is 306 g/mol. The fourth-order valence-electron chi connectivity index (χ4n) is 1.85. The Balaban J connectivity index is 1.80. The number of hydrogen-bond donors (Lipinski definition) is 1. The summed E-state index contributed by atoms with van der Waals surface area (Å²) >= 11 is 1.40. The fraction of sp³-hybridized carbons (Fsp3) is 0.167. The van der Waals surface area contributed by atoms with E-state index < -0.39 is 11.9 Å². The van der Waals surface area contributed by atoms with Gasteiger partial charge in [-0.3, -0.25) is 19.9 Å². The standard InChI is InChI=1S/C12H10N4O4S/c1-15-8(17)5-16(12(15)19)14-11(18)9-10(20-6-13-9)7-3-2-4-21-7/h2-4,6H,5H2,1H3,(H,14,18). The third kappa shape index (κ3) is 2.27. The lowest BCUT2D eigenvalue weighted by Gasteiger charge is -2.15. The number of carbonyl (C=O) groups excluding carboxylic acids is 3. The second-order valence-electron chi connectivity index (χ2n) is 4.27. The van der Waals surface area contributed by atoms with E-state index in [4.69, 9.17) is 4.42 Å². The van der Waals surface area contributed by atoms with Crippen molar-refractivity contribution >= 4 is 29.2 Å². The molecule has 9 heteroatoms. The molecule has 0 radical (unpaired) electrons. The van der Waals surface area contributed by atoms with Gasteiger partial charge in [0.15, 0.2) is 17.8 Å². The maximum Gasteiger partial charge on any atom is 0.345 e. The van der Waals surface area contributed by atoms with Gasteiger partial charge in [-0.25, -0.2) is 14.8 Å². The van der Waals surface area contributed by atoms with Crippen LogP contribution >= 0.6 is 11.3 Å². The second-order valence-corrected chi connectivity index (χ2v) is 5.22. The molecular weight excluding hydrogens is 296 g/mol. The number of likely N-dealkylation sites (N-methyl/N-ethyl adjacent to an activating group) is 1. The molecule has 0 atom stereocenters. The van der Waals surface area contributed by atoms with E-state index >= 15 is 0 Å². The summed E-state index contributed by atoms with van der Waals surface area (Å²) in [5, 5.41) is 2.79. The molecule has 0 spiro atoms. The van der Waals surface area contributed by atoms with Gasteiger partial charge in [-0.05, 0) is 11.4 Å². The number of imide groups is 1. The van der Waals surface area contributed by atoms with E-state index in [1.165, 1.54) is 18.4 Å². The van der Waals surface area contributed by atoms with Crippen molar-refractivity contribution < 1.29 is 18.8 Å². The first-order valence-corrected chi connectivity index (χ1v) is 6.82. The first-order valence-electron chi connectivity index (χ1n) is 5.94. The fourth-order valence-corrected chi connectivity index (χ4v) is 2.56. The zero-order valence-electron chi connectivity index (χ0n) is 10.9. The van der Waals surface area contributed by atoms with Gasteiger partial charge in [-0.15, -0.1) is 11.3 Å². The molecule has 1 aliphatic heterocycles. The second kappa shape index (κ2) is 5.02. The van der Waals surface area contributed by atoms with Crippen molar-refractivity contribution in [3.05, 3.63) is 29.6 Å². The lowest BCUT2D eigenvalue weighted by molar-refractivity contribution is -0.124. The maximum atomic E-state index is 12.2. The Morgan fingerprint density at radius 3 is 2.90 bits per heavy atom. The summed E-state index contributed by atoms with van der Waals surface area (Å²) in [6, 6.07) is 3.02.